The van der Waals surface area contributed by atoms with Crippen LogP contribution in [0.25, 0.3) is 0 Å². The van der Waals surface area contributed by atoms with Crippen LogP contribution in [0.15, 0.2) is 30.3 Å². The molecule has 0 saturated heterocycles. The predicted molar refractivity (Wildman–Crippen MR) is 81.8 cm³/mol. The van der Waals surface area contributed by atoms with Crippen molar-refractivity contribution in [3.05, 3.63) is 35.9 Å². The first-order valence-electron chi connectivity index (χ1n) is 7.60. The number of nitrogens with one attached hydrogen (secondary N) is 1. The van der Waals surface area contributed by atoms with E-state index in [0.29, 0.717) is 25.9 Å². The summed E-state index contributed by atoms with van der Waals surface area (Å²) in [6.07, 6.45) is 2.47. The zero-order valence-electron chi connectivity index (χ0n) is 12.8. The molecule has 0 heterocycles. The van der Waals surface area contributed by atoms with Gasteiger partial charge in [-0.1, -0.05) is 30.3 Å². The molecule has 0 aliphatic heterocycles. The van der Waals surface area contributed by atoms with Gasteiger partial charge in [0.2, 0.25) is 0 Å². The average Bonchev–Trinajstić information content (AvgIpc) is 3.30. The number of nitrogens with zero attached hydrogens (tertiary/aromatic N) is 1. The van der Waals surface area contributed by atoms with E-state index in [1.54, 1.807) is 0 Å². The van der Waals surface area contributed by atoms with Crippen molar-refractivity contribution in [2.24, 2.45) is 0 Å². The second-order valence-electron chi connectivity index (χ2n) is 5.77. The predicted octanol–water partition coefficient (Wildman–Crippen LogP) is 2.60. The molecule has 1 aliphatic carbocycles. The van der Waals surface area contributed by atoms with E-state index in [2.05, 4.69) is 11.4 Å². The summed E-state index contributed by atoms with van der Waals surface area (Å²) in [7, 11) is 0. The molecule has 1 aliphatic rings. The van der Waals surface area contributed by atoms with Crippen LogP contribution in [0, 0.1) is 11.3 Å². The normalized spacial score (nSPS) is 17.4. The zero-order chi connectivity index (χ0) is 15.1. The average molecular weight is 288 g/mol. The first-order chi connectivity index (χ1) is 10.2. The molecule has 4 heteroatoms. The summed E-state index contributed by atoms with van der Waals surface area (Å²) in [5.74, 6) is 0. The van der Waals surface area contributed by atoms with Gasteiger partial charge in [0.25, 0.3) is 0 Å². The van der Waals surface area contributed by atoms with Crippen LogP contribution in [-0.4, -0.2) is 32.0 Å². The van der Waals surface area contributed by atoms with Crippen LogP contribution in [0.2, 0.25) is 0 Å². The molecule has 0 radical (unpaired) electrons. The molecule has 1 fully saturated rings. The maximum absolute atomic E-state index is 9.73. The fourth-order valence-corrected chi connectivity index (χ4v) is 2.20. The van der Waals surface area contributed by atoms with Crippen LogP contribution in [0.1, 0.15) is 32.3 Å². The number of ether oxygens (including phenoxy) is 2. The summed E-state index contributed by atoms with van der Waals surface area (Å²) in [6.45, 7) is 5.39. The van der Waals surface area contributed by atoms with E-state index in [9.17, 15) is 5.26 Å². The Balaban J connectivity index is 1.97. The molecule has 21 heavy (non-hydrogen) atoms. The van der Waals surface area contributed by atoms with E-state index >= 15 is 0 Å². The van der Waals surface area contributed by atoms with Crippen molar-refractivity contribution in [3.63, 3.8) is 0 Å². The van der Waals surface area contributed by atoms with E-state index in [4.69, 9.17) is 9.47 Å². The lowest BCUT2D eigenvalue weighted by Crippen LogP contribution is -2.46. The van der Waals surface area contributed by atoms with Crippen molar-refractivity contribution in [3.8, 4) is 6.07 Å². The molecule has 0 aromatic heterocycles. The van der Waals surface area contributed by atoms with Crippen molar-refractivity contribution >= 4 is 0 Å². The van der Waals surface area contributed by atoms with Gasteiger partial charge in [-0.2, -0.15) is 5.26 Å². The van der Waals surface area contributed by atoms with Gasteiger partial charge in [-0.3, -0.25) is 5.32 Å². The Morgan fingerprint density at radius 3 is 2.57 bits per heavy atom. The van der Waals surface area contributed by atoms with Gasteiger partial charge in [-0.25, -0.2) is 0 Å². The molecule has 1 unspecified atom stereocenters. The van der Waals surface area contributed by atoms with Crippen LogP contribution in [-0.2, 0) is 15.0 Å². The molecule has 1 aromatic carbocycles. The SMILES string of the molecule is CC(C)OCCOCC(C#N)(NC1CC1)c1ccccc1. The van der Waals surface area contributed by atoms with E-state index in [0.717, 1.165) is 18.4 Å². The van der Waals surface area contributed by atoms with Crippen LogP contribution < -0.4 is 5.32 Å². The molecule has 114 valence electrons. The van der Waals surface area contributed by atoms with Crippen LogP contribution in [0.4, 0.5) is 0 Å². The minimum atomic E-state index is -0.764. The van der Waals surface area contributed by atoms with Crippen molar-refractivity contribution in [2.75, 3.05) is 19.8 Å². The molecule has 1 aromatic rings. The maximum Gasteiger partial charge on any atom is 0.156 e. The lowest BCUT2D eigenvalue weighted by Gasteiger charge is -2.28. The summed E-state index contributed by atoms with van der Waals surface area (Å²) in [5.41, 5.74) is 0.199. The molecule has 0 bridgehead atoms. The highest BCUT2D eigenvalue weighted by Crippen LogP contribution is 2.28. The third-order valence-corrected chi connectivity index (χ3v) is 3.48. The lowest BCUT2D eigenvalue weighted by atomic mass is 9.92. The molecule has 0 amide bonds. The standard InChI is InChI=1S/C17H24N2O2/c1-14(2)21-11-10-20-13-17(12-18,19-16-8-9-16)15-6-4-3-5-7-15/h3-7,14,16,19H,8-11,13H2,1-2H3. The fourth-order valence-electron chi connectivity index (χ4n) is 2.20. The Morgan fingerprint density at radius 1 is 1.29 bits per heavy atom. The fraction of sp³-hybridized carbons (Fsp3) is 0.588. The Labute approximate surface area is 127 Å². The van der Waals surface area contributed by atoms with E-state index in [1.165, 1.54) is 0 Å². The smallest absolute Gasteiger partial charge is 0.156 e. The number of hydrogen-bond acceptors (Lipinski definition) is 4. The molecule has 1 atom stereocenters. The van der Waals surface area contributed by atoms with E-state index < -0.39 is 5.54 Å². The third-order valence-electron chi connectivity index (χ3n) is 3.48. The third kappa shape index (κ3) is 4.82. The highest BCUT2D eigenvalue weighted by atomic mass is 16.5. The number of hydrogen-bond donors (Lipinski definition) is 1. The maximum atomic E-state index is 9.73. The van der Waals surface area contributed by atoms with E-state index in [1.807, 2.05) is 44.2 Å². The minimum absolute atomic E-state index is 0.202. The van der Waals surface area contributed by atoms with Crippen molar-refractivity contribution < 1.29 is 9.47 Å². The monoisotopic (exact) mass is 288 g/mol. The molecule has 1 saturated carbocycles. The lowest BCUT2D eigenvalue weighted by molar-refractivity contribution is 0.00642. The highest BCUT2D eigenvalue weighted by Gasteiger charge is 2.38. The van der Waals surface area contributed by atoms with Crippen molar-refractivity contribution in [1.29, 1.82) is 5.26 Å². The Bertz CT molecular complexity index is 465. The summed E-state index contributed by atoms with van der Waals surface area (Å²) < 4.78 is 11.2. The molecule has 0 spiro atoms. The second-order valence-corrected chi connectivity index (χ2v) is 5.77. The van der Waals surface area contributed by atoms with Gasteiger partial charge in [0, 0.05) is 6.04 Å². The second kappa shape index (κ2) is 7.56. The highest BCUT2D eigenvalue weighted by molar-refractivity contribution is 5.32. The Kier molecular flexibility index (Phi) is 5.75. The van der Waals surface area contributed by atoms with Crippen LogP contribution in [0.3, 0.4) is 0 Å². The first kappa shape index (κ1) is 16.0. The van der Waals surface area contributed by atoms with E-state index in [-0.39, 0.29) is 6.10 Å². The largest absolute Gasteiger partial charge is 0.376 e. The van der Waals surface area contributed by atoms with Gasteiger partial charge in [-0.15, -0.1) is 0 Å². The van der Waals surface area contributed by atoms with Crippen molar-refractivity contribution in [1.82, 2.24) is 5.32 Å². The molecule has 4 nitrogen and oxygen atoms in total. The summed E-state index contributed by atoms with van der Waals surface area (Å²) in [5, 5.41) is 13.2. The quantitative estimate of drug-likeness (QED) is 0.710. The Morgan fingerprint density at radius 2 is 2.00 bits per heavy atom. The van der Waals surface area contributed by atoms with Gasteiger partial charge in [0.1, 0.15) is 0 Å². The molecule has 2 rings (SSSR count). The van der Waals surface area contributed by atoms with Gasteiger partial charge in [-0.05, 0) is 32.3 Å². The molecular weight excluding hydrogens is 264 g/mol. The van der Waals surface area contributed by atoms with Crippen LogP contribution in [0.5, 0.6) is 0 Å². The van der Waals surface area contributed by atoms with Gasteiger partial charge in [0.15, 0.2) is 5.54 Å². The molecule has 1 N–H and O–H groups in total. The van der Waals surface area contributed by atoms with Crippen molar-refractivity contribution in [2.45, 2.75) is 44.4 Å². The molecular formula is C17H24N2O2. The minimum Gasteiger partial charge on any atom is -0.376 e. The number of rotatable bonds is 9. The number of benzene rings is 1. The van der Waals surface area contributed by atoms with Crippen LogP contribution >= 0.6 is 0 Å². The van der Waals surface area contributed by atoms with Gasteiger partial charge >= 0.3 is 0 Å². The summed E-state index contributed by atoms with van der Waals surface area (Å²) in [6, 6.07) is 12.7. The summed E-state index contributed by atoms with van der Waals surface area (Å²) in [4.78, 5) is 0. The topological polar surface area (TPSA) is 54.3 Å². The van der Waals surface area contributed by atoms with Gasteiger partial charge in [0.05, 0.1) is 32.0 Å². The first-order valence-corrected chi connectivity index (χ1v) is 7.60. The number of nitriles is 1. The Hall–Kier alpha value is -1.41. The zero-order valence-corrected chi connectivity index (χ0v) is 12.8. The summed E-state index contributed by atoms with van der Waals surface area (Å²) >= 11 is 0. The van der Waals surface area contributed by atoms with Gasteiger partial charge < -0.3 is 9.47 Å².